The van der Waals surface area contributed by atoms with Gasteiger partial charge in [-0.3, -0.25) is 4.79 Å². The highest BCUT2D eigenvalue weighted by atomic mass is 16.5. The number of carbonyl (C=O) groups is 2. The van der Waals surface area contributed by atoms with Crippen LogP contribution in [0.2, 0.25) is 0 Å². The van der Waals surface area contributed by atoms with Crippen LogP contribution in [0.15, 0.2) is 48.7 Å². The summed E-state index contributed by atoms with van der Waals surface area (Å²) < 4.78 is 5.70. The molecule has 0 unspecified atom stereocenters. The molecule has 3 rings (SSSR count). The fourth-order valence-corrected chi connectivity index (χ4v) is 2.17. The molecule has 1 aliphatic heterocycles. The van der Waals surface area contributed by atoms with Crippen molar-refractivity contribution in [3.63, 3.8) is 0 Å². The monoisotopic (exact) mass is 312 g/mol. The average molecular weight is 312 g/mol. The molecule has 7 heteroatoms. The predicted molar refractivity (Wildman–Crippen MR) is 84.4 cm³/mol. The molecule has 1 aromatic heterocycles. The van der Waals surface area contributed by atoms with Crippen molar-refractivity contribution in [2.45, 2.75) is 0 Å². The van der Waals surface area contributed by atoms with E-state index in [2.05, 4.69) is 15.6 Å². The number of rotatable bonds is 3. The number of nitrogens with zero attached hydrogens (tertiary/aromatic N) is 2. The summed E-state index contributed by atoms with van der Waals surface area (Å²) in [6.45, 7) is 0.959. The van der Waals surface area contributed by atoms with Crippen molar-refractivity contribution in [3.8, 4) is 11.6 Å². The Kier molecular flexibility index (Phi) is 4.37. The van der Waals surface area contributed by atoms with E-state index in [-0.39, 0.29) is 18.5 Å². The summed E-state index contributed by atoms with van der Waals surface area (Å²) >= 11 is 0. The first kappa shape index (κ1) is 14.8. The number of benzene rings is 1. The Morgan fingerprint density at radius 1 is 1.22 bits per heavy atom. The van der Waals surface area contributed by atoms with Gasteiger partial charge in [0.15, 0.2) is 0 Å². The second-order valence-electron chi connectivity index (χ2n) is 4.97. The molecule has 0 radical (unpaired) electrons. The predicted octanol–water partition coefficient (Wildman–Crippen LogP) is 1.84. The zero-order valence-electron chi connectivity index (χ0n) is 12.4. The Balaban J connectivity index is 1.72. The number of pyridine rings is 1. The van der Waals surface area contributed by atoms with Crippen LogP contribution in [0.3, 0.4) is 0 Å². The smallest absolute Gasteiger partial charge is 0.322 e. The minimum absolute atomic E-state index is 0.0426. The van der Waals surface area contributed by atoms with Gasteiger partial charge in [-0.25, -0.2) is 9.78 Å². The fraction of sp³-hybridized carbons (Fsp3) is 0.188. The van der Waals surface area contributed by atoms with Crippen LogP contribution in [-0.2, 0) is 4.79 Å². The second-order valence-corrected chi connectivity index (χ2v) is 4.97. The molecule has 2 heterocycles. The van der Waals surface area contributed by atoms with Crippen molar-refractivity contribution < 1.29 is 14.3 Å². The summed E-state index contributed by atoms with van der Waals surface area (Å²) in [6, 6.07) is 12.2. The zero-order chi connectivity index (χ0) is 16.1. The Labute approximate surface area is 133 Å². The van der Waals surface area contributed by atoms with E-state index in [9.17, 15) is 9.59 Å². The molecule has 1 saturated heterocycles. The largest absolute Gasteiger partial charge is 0.437 e. The number of aromatic nitrogens is 1. The van der Waals surface area contributed by atoms with Crippen LogP contribution in [0.1, 0.15) is 0 Å². The van der Waals surface area contributed by atoms with Gasteiger partial charge in [-0.15, -0.1) is 0 Å². The highest BCUT2D eigenvalue weighted by Crippen LogP contribution is 2.26. The van der Waals surface area contributed by atoms with Gasteiger partial charge in [0.1, 0.15) is 18.0 Å². The fourth-order valence-electron chi connectivity index (χ4n) is 2.17. The van der Waals surface area contributed by atoms with E-state index in [1.165, 1.54) is 4.90 Å². The van der Waals surface area contributed by atoms with Crippen LogP contribution >= 0.6 is 0 Å². The minimum Gasteiger partial charge on any atom is -0.437 e. The number of amides is 3. The summed E-state index contributed by atoms with van der Waals surface area (Å²) in [6.07, 6.45) is 1.59. The number of piperazine rings is 1. The van der Waals surface area contributed by atoms with E-state index in [0.717, 1.165) is 0 Å². The van der Waals surface area contributed by atoms with Crippen molar-refractivity contribution in [1.82, 2.24) is 15.2 Å². The van der Waals surface area contributed by atoms with Crippen molar-refractivity contribution in [3.05, 3.63) is 48.7 Å². The lowest BCUT2D eigenvalue weighted by atomic mass is 10.3. The lowest BCUT2D eigenvalue weighted by Crippen LogP contribution is -2.51. The van der Waals surface area contributed by atoms with Crippen LogP contribution < -0.4 is 15.4 Å². The number of anilines is 1. The summed E-state index contributed by atoms with van der Waals surface area (Å²) in [5.74, 6) is 0.755. The molecular formula is C16H16N4O3. The number of carbonyl (C=O) groups excluding carboxylic acids is 2. The van der Waals surface area contributed by atoms with Gasteiger partial charge in [-0.05, 0) is 24.3 Å². The quantitative estimate of drug-likeness (QED) is 0.906. The van der Waals surface area contributed by atoms with Crippen LogP contribution in [0.5, 0.6) is 11.6 Å². The maximum atomic E-state index is 12.3. The second kappa shape index (κ2) is 6.78. The summed E-state index contributed by atoms with van der Waals surface area (Å²) in [7, 11) is 0. The van der Waals surface area contributed by atoms with Gasteiger partial charge < -0.3 is 20.3 Å². The van der Waals surface area contributed by atoms with Crippen LogP contribution in [-0.4, -0.2) is 41.5 Å². The summed E-state index contributed by atoms with van der Waals surface area (Å²) in [5.41, 5.74) is 0.451. The average Bonchev–Trinajstić information content (AvgIpc) is 2.57. The highest BCUT2D eigenvalue weighted by Gasteiger charge is 2.22. The molecule has 0 bridgehead atoms. The van der Waals surface area contributed by atoms with E-state index in [1.807, 2.05) is 18.2 Å². The number of ether oxygens (including phenoxy) is 1. The molecule has 23 heavy (non-hydrogen) atoms. The molecule has 0 spiro atoms. The van der Waals surface area contributed by atoms with E-state index < -0.39 is 0 Å². The number of para-hydroxylation sites is 1. The van der Waals surface area contributed by atoms with E-state index in [1.54, 1.807) is 30.5 Å². The van der Waals surface area contributed by atoms with Gasteiger partial charge in [0.05, 0.1) is 0 Å². The zero-order valence-corrected chi connectivity index (χ0v) is 12.4. The molecule has 7 nitrogen and oxygen atoms in total. The van der Waals surface area contributed by atoms with Crippen LogP contribution in [0.4, 0.5) is 10.5 Å². The molecule has 1 fully saturated rings. The molecular weight excluding hydrogens is 296 g/mol. The highest BCUT2D eigenvalue weighted by molar-refractivity contribution is 5.93. The maximum Gasteiger partial charge on any atom is 0.322 e. The number of hydrogen-bond acceptors (Lipinski definition) is 4. The van der Waals surface area contributed by atoms with E-state index in [0.29, 0.717) is 30.4 Å². The van der Waals surface area contributed by atoms with Gasteiger partial charge in [0.2, 0.25) is 11.8 Å². The Hall–Kier alpha value is -3.09. The van der Waals surface area contributed by atoms with Gasteiger partial charge >= 0.3 is 6.03 Å². The Morgan fingerprint density at radius 2 is 2.04 bits per heavy atom. The third kappa shape index (κ3) is 3.76. The normalized spacial score (nSPS) is 14.1. The number of hydrogen-bond donors (Lipinski definition) is 2. The van der Waals surface area contributed by atoms with Gasteiger partial charge in [-0.2, -0.15) is 0 Å². The molecule has 0 atom stereocenters. The lowest BCUT2D eigenvalue weighted by Gasteiger charge is -2.26. The molecule has 0 saturated carbocycles. The summed E-state index contributed by atoms with van der Waals surface area (Å²) in [5, 5.41) is 5.42. The van der Waals surface area contributed by atoms with Gasteiger partial charge in [0.25, 0.3) is 0 Å². The first-order valence-corrected chi connectivity index (χ1v) is 7.23. The molecule has 1 aliphatic rings. The van der Waals surface area contributed by atoms with Crippen molar-refractivity contribution in [2.75, 3.05) is 25.0 Å². The standard InChI is InChI=1S/C16H16N4O3/c21-14-11-20(10-9-17-14)16(22)19-13-7-4-8-18-15(13)23-12-5-2-1-3-6-12/h1-8H,9-11H2,(H,17,21)(H,19,22). The van der Waals surface area contributed by atoms with E-state index in [4.69, 9.17) is 4.74 Å². The van der Waals surface area contributed by atoms with Crippen molar-refractivity contribution in [2.24, 2.45) is 0 Å². The third-order valence-corrected chi connectivity index (χ3v) is 3.30. The molecule has 2 aromatic rings. The van der Waals surface area contributed by atoms with Crippen LogP contribution in [0.25, 0.3) is 0 Å². The first-order chi connectivity index (χ1) is 11.2. The van der Waals surface area contributed by atoms with Gasteiger partial charge in [-0.1, -0.05) is 18.2 Å². The number of nitrogens with one attached hydrogen (secondary N) is 2. The lowest BCUT2D eigenvalue weighted by molar-refractivity contribution is -0.123. The topological polar surface area (TPSA) is 83.6 Å². The summed E-state index contributed by atoms with van der Waals surface area (Å²) in [4.78, 5) is 29.2. The Bertz CT molecular complexity index is 705. The number of urea groups is 1. The molecule has 2 N–H and O–H groups in total. The van der Waals surface area contributed by atoms with E-state index >= 15 is 0 Å². The molecule has 1 aromatic carbocycles. The molecule has 3 amide bonds. The van der Waals surface area contributed by atoms with Crippen molar-refractivity contribution in [1.29, 1.82) is 0 Å². The molecule has 0 aliphatic carbocycles. The van der Waals surface area contributed by atoms with Gasteiger partial charge in [0, 0.05) is 19.3 Å². The van der Waals surface area contributed by atoms with Crippen LogP contribution in [0, 0.1) is 0 Å². The Morgan fingerprint density at radius 3 is 2.83 bits per heavy atom. The minimum atomic E-state index is -0.356. The third-order valence-electron chi connectivity index (χ3n) is 3.30. The van der Waals surface area contributed by atoms with Crippen molar-refractivity contribution >= 4 is 17.6 Å². The SMILES string of the molecule is O=C1CN(C(=O)Nc2cccnc2Oc2ccccc2)CCN1. The maximum absolute atomic E-state index is 12.3. The molecule has 118 valence electrons. The first-order valence-electron chi connectivity index (χ1n) is 7.23.